The van der Waals surface area contributed by atoms with Gasteiger partial charge in [-0.05, 0) is 27.6 Å². The number of aromatic nitrogens is 3. The summed E-state index contributed by atoms with van der Waals surface area (Å²) in [6, 6.07) is 1.75. The van der Waals surface area contributed by atoms with Crippen LogP contribution in [-0.2, 0) is 6.54 Å². The van der Waals surface area contributed by atoms with Crippen LogP contribution in [0.15, 0.2) is 38.7 Å². The molecule has 0 spiro atoms. The van der Waals surface area contributed by atoms with Gasteiger partial charge in [-0.2, -0.15) is 4.39 Å². The Kier molecular flexibility index (Phi) is 3.19. The second kappa shape index (κ2) is 4.62. The fraction of sp³-hybridized carbons (Fsp3) is 0.100. The zero-order chi connectivity index (χ0) is 12.4. The maximum atomic E-state index is 13.0. The van der Waals surface area contributed by atoms with E-state index in [1.165, 1.54) is 0 Å². The van der Waals surface area contributed by atoms with Gasteiger partial charge >= 0.3 is 5.69 Å². The number of rotatable bonds is 2. The Hall–Kier alpha value is -1.76. The van der Waals surface area contributed by atoms with Crippen LogP contribution in [0.25, 0.3) is 0 Å². The van der Waals surface area contributed by atoms with Gasteiger partial charge in [0.1, 0.15) is 0 Å². The van der Waals surface area contributed by atoms with Crippen LogP contribution >= 0.6 is 15.9 Å². The Morgan fingerprint density at radius 3 is 2.88 bits per heavy atom. The van der Waals surface area contributed by atoms with Gasteiger partial charge in [0.25, 0.3) is 5.56 Å². The molecule has 2 aromatic rings. The summed E-state index contributed by atoms with van der Waals surface area (Å²) in [7, 11) is 0. The summed E-state index contributed by atoms with van der Waals surface area (Å²) in [6.07, 6.45) is 4.03. The highest BCUT2D eigenvalue weighted by Crippen LogP contribution is 2.09. The predicted molar refractivity (Wildman–Crippen MR) is 62.3 cm³/mol. The number of aromatic amines is 1. The van der Waals surface area contributed by atoms with E-state index in [1.807, 2.05) is 4.98 Å². The van der Waals surface area contributed by atoms with Gasteiger partial charge in [0.05, 0.1) is 12.7 Å². The van der Waals surface area contributed by atoms with Crippen LogP contribution in [0.1, 0.15) is 5.56 Å². The minimum absolute atomic E-state index is 0.138. The summed E-state index contributed by atoms with van der Waals surface area (Å²) in [5.41, 5.74) is -0.956. The van der Waals surface area contributed by atoms with Crippen molar-refractivity contribution in [2.75, 3.05) is 0 Å². The van der Waals surface area contributed by atoms with Gasteiger partial charge in [-0.1, -0.05) is 0 Å². The first-order chi connectivity index (χ1) is 8.06. The molecule has 0 bridgehead atoms. The molecule has 2 aromatic heterocycles. The smallest absolute Gasteiger partial charge is 0.293 e. The second-order valence-corrected chi connectivity index (χ2v) is 4.29. The van der Waals surface area contributed by atoms with Crippen molar-refractivity contribution >= 4 is 15.9 Å². The molecular formula is C10H7BrFN3O2. The van der Waals surface area contributed by atoms with Crippen LogP contribution in [-0.4, -0.2) is 14.5 Å². The lowest BCUT2D eigenvalue weighted by atomic mass is 10.3. The minimum atomic E-state index is -1.02. The molecule has 0 unspecified atom stereocenters. The second-order valence-electron chi connectivity index (χ2n) is 3.38. The van der Waals surface area contributed by atoms with E-state index >= 15 is 0 Å². The van der Waals surface area contributed by atoms with Gasteiger partial charge in [-0.25, -0.2) is 4.79 Å². The fourth-order valence-electron chi connectivity index (χ4n) is 1.34. The summed E-state index contributed by atoms with van der Waals surface area (Å²) in [4.78, 5) is 28.0. The van der Waals surface area contributed by atoms with Gasteiger partial charge in [0.15, 0.2) is 0 Å². The first-order valence-corrected chi connectivity index (χ1v) is 5.44. The van der Waals surface area contributed by atoms with Gasteiger partial charge in [0, 0.05) is 16.9 Å². The van der Waals surface area contributed by atoms with Crippen molar-refractivity contribution in [2.24, 2.45) is 0 Å². The molecule has 0 atom stereocenters. The van der Waals surface area contributed by atoms with Crippen molar-refractivity contribution < 1.29 is 4.39 Å². The van der Waals surface area contributed by atoms with Gasteiger partial charge in [-0.3, -0.25) is 19.3 Å². The van der Waals surface area contributed by atoms with Crippen LogP contribution in [0.5, 0.6) is 0 Å². The Bertz CT molecular complexity index is 665. The molecule has 0 fully saturated rings. The number of halogens is 2. The number of hydrogen-bond acceptors (Lipinski definition) is 3. The van der Waals surface area contributed by atoms with E-state index in [9.17, 15) is 14.0 Å². The number of nitrogens with one attached hydrogen (secondary N) is 1. The molecule has 2 rings (SSSR count). The largest absolute Gasteiger partial charge is 0.328 e. The molecule has 0 aliphatic heterocycles. The summed E-state index contributed by atoms with van der Waals surface area (Å²) in [6.45, 7) is 0.138. The number of nitrogens with zero attached hydrogens (tertiary/aromatic N) is 2. The molecule has 5 nitrogen and oxygen atoms in total. The van der Waals surface area contributed by atoms with E-state index in [0.717, 1.165) is 15.2 Å². The zero-order valence-electron chi connectivity index (χ0n) is 8.48. The van der Waals surface area contributed by atoms with Crippen LogP contribution in [0.2, 0.25) is 0 Å². The van der Waals surface area contributed by atoms with Crippen LogP contribution in [0.3, 0.4) is 0 Å². The highest BCUT2D eigenvalue weighted by atomic mass is 79.9. The average molecular weight is 300 g/mol. The third-order valence-electron chi connectivity index (χ3n) is 2.08. The molecule has 7 heteroatoms. The monoisotopic (exact) mass is 299 g/mol. The molecule has 0 radical (unpaired) electrons. The molecule has 17 heavy (non-hydrogen) atoms. The van der Waals surface area contributed by atoms with E-state index in [0.29, 0.717) is 5.56 Å². The molecule has 1 N–H and O–H groups in total. The Morgan fingerprint density at radius 2 is 2.18 bits per heavy atom. The number of hydrogen-bond donors (Lipinski definition) is 1. The van der Waals surface area contributed by atoms with Crippen LogP contribution in [0, 0.1) is 5.82 Å². The van der Waals surface area contributed by atoms with Crippen molar-refractivity contribution in [1.29, 1.82) is 0 Å². The van der Waals surface area contributed by atoms with E-state index in [4.69, 9.17) is 0 Å². The third kappa shape index (κ3) is 2.68. The summed E-state index contributed by atoms with van der Waals surface area (Å²) < 4.78 is 14.8. The van der Waals surface area contributed by atoms with Crippen molar-refractivity contribution in [2.45, 2.75) is 6.54 Å². The molecule has 2 heterocycles. The standard InChI is InChI=1S/C10H7BrFN3O2/c11-7-1-6(2-13-3-7)4-15-5-8(12)9(16)14-10(15)17/h1-3,5H,4H2,(H,14,16,17). The topological polar surface area (TPSA) is 67.8 Å². The van der Waals surface area contributed by atoms with Crippen LogP contribution < -0.4 is 11.2 Å². The Labute approximate surface area is 103 Å². The van der Waals surface area contributed by atoms with Crippen molar-refractivity contribution in [3.8, 4) is 0 Å². The van der Waals surface area contributed by atoms with Crippen molar-refractivity contribution in [3.63, 3.8) is 0 Å². The first-order valence-electron chi connectivity index (χ1n) is 4.65. The SMILES string of the molecule is O=c1[nH]c(=O)n(Cc2cncc(Br)c2)cc1F. The van der Waals surface area contributed by atoms with Gasteiger partial charge < -0.3 is 0 Å². The number of H-pyrrole nitrogens is 1. The number of pyridine rings is 1. The lowest BCUT2D eigenvalue weighted by molar-refractivity contribution is 0.566. The van der Waals surface area contributed by atoms with Crippen molar-refractivity contribution in [3.05, 3.63) is 61.3 Å². The highest BCUT2D eigenvalue weighted by Gasteiger charge is 2.04. The Balaban J connectivity index is 2.40. The zero-order valence-corrected chi connectivity index (χ0v) is 10.1. The van der Waals surface area contributed by atoms with Gasteiger partial charge in [0.2, 0.25) is 5.82 Å². The highest BCUT2D eigenvalue weighted by molar-refractivity contribution is 9.10. The molecule has 0 aliphatic rings. The lowest BCUT2D eigenvalue weighted by Gasteiger charge is -2.04. The van der Waals surface area contributed by atoms with E-state index in [2.05, 4.69) is 20.9 Å². The molecule has 0 aliphatic carbocycles. The minimum Gasteiger partial charge on any atom is -0.293 e. The predicted octanol–water partition coefficient (Wildman–Crippen LogP) is 0.881. The first kappa shape index (κ1) is 11.7. The molecule has 88 valence electrons. The molecular weight excluding hydrogens is 293 g/mol. The lowest BCUT2D eigenvalue weighted by Crippen LogP contribution is -2.31. The van der Waals surface area contributed by atoms with E-state index in [1.54, 1.807) is 18.5 Å². The molecule has 0 saturated heterocycles. The molecule has 0 amide bonds. The fourth-order valence-corrected chi connectivity index (χ4v) is 1.75. The maximum Gasteiger partial charge on any atom is 0.328 e. The third-order valence-corrected chi connectivity index (χ3v) is 2.52. The van der Waals surface area contributed by atoms with E-state index in [-0.39, 0.29) is 6.54 Å². The van der Waals surface area contributed by atoms with Crippen molar-refractivity contribution in [1.82, 2.24) is 14.5 Å². The average Bonchev–Trinajstić information content (AvgIpc) is 2.26. The quantitative estimate of drug-likeness (QED) is 0.895. The van der Waals surface area contributed by atoms with Crippen LogP contribution in [0.4, 0.5) is 4.39 Å². The summed E-state index contributed by atoms with van der Waals surface area (Å²) >= 11 is 3.24. The molecule has 0 aromatic carbocycles. The Morgan fingerprint density at radius 1 is 1.41 bits per heavy atom. The summed E-state index contributed by atoms with van der Waals surface area (Å²) in [5.74, 6) is -0.993. The summed E-state index contributed by atoms with van der Waals surface area (Å²) in [5, 5.41) is 0. The normalized spacial score (nSPS) is 10.5. The van der Waals surface area contributed by atoms with E-state index < -0.39 is 17.1 Å². The van der Waals surface area contributed by atoms with Gasteiger partial charge in [-0.15, -0.1) is 0 Å². The maximum absolute atomic E-state index is 13.0. The molecule has 0 saturated carbocycles.